The van der Waals surface area contributed by atoms with Crippen molar-refractivity contribution in [1.82, 2.24) is 19.9 Å². The van der Waals surface area contributed by atoms with Gasteiger partial charge in [0.25, 0.3) is 0 Å². The van der Waals surface area contributed by atoms with E-state index in [2.05, 4.69) is 19.9 Å². The Morgan fingerprint density at radius 3 is 2.55 bits per heavy atom. The molecule has 29 heavy (non-hydrogen) atoms. The molecule has 0 atom stereocenters. The third-order valence-corrected chi connectivity index (χ3v) is 5.26. The standard InChI is InChI=1S/C22H11Cl2FN4/c23-12-3-4-19(25)16(8-12)20-9-15(14-2-1-6-27-22(14)29-20)17-11-28-21(24)18-10-26-7-5-13(17)18/h1-11H. The molecule has 0 saturated carbocycles. The molecule has 0 amide bonds. The van der Waals surface area contributed by atoms with Gasteiger partial charge in [0.2, 0.25) is 0 Å². The molecule has 5 aromatic rings. The summed E-state index contributed by atoms with van der Waals surface area (Å²) >= 11 is 12.4. The van der Waals surface area contributed by atoms with Crippen LogP contribution in [0.4, 0.5) is 4.39 Å². The van der Waals surface area contributed by atoms with Crippen LogP contribution in [0.3, 0.4) is 0 Å². The molecule has 0 fully saturated rings. The molecule has 0 aliphatic heterocycles. The van der Waals surface area contributed by atoms with Crippen LogP contribution >= 0.6 is 23.2 Å². The lowest BCUT2D eigenvalue weighted by Gasteiger charge is -2.12. The lowest BCUT2D eigenvalue weighted by Crippen LogP contribution is -1.95. The Bertz CT molecular complexity index is 1400. The smallest absolute Gasteiger partial charge is 0.160 e. The zero-order valence-electron chi connectivity index (χ0n) is 14.8. The van der Waals surface area contributed by atoms with Crippen molar-refractivity contribution in [2.45, 2.75) is 0 Å². The molecular formula is C22H11Cl2FN4. The first-order chi connectivity index (χ1) is 14.1. The average Bonchev–Trinajstić information content (AvgIpc) is 2.75. The molecule has 1 aromatic carbocycles. The van der Waals surface area contributed by atoms with Crippen LogP contribution in [0.5, 0.6) is 0 Å². The highest BCUT2D eigenvalue weighted by molar-refractivity contribution is 6.34. The Morgan fingerprint density at radius 2 is 1.66 bits per heavy atom. The van der Waals surface area contributed by atoms with E-state index in [-0.39, 0.29) is 0 Å². The fourth-order valence-electron chi connectivity index (χ4n) is 3.38. The zero-order chi connectivity index (χ0) is 20.0. The van der Waals surface area contributed by atoms with E-state index in [4.69, 9.17) is 23.2 Å². The lowest BCUT2D eigenvalue weighted by atomic mass is 9.97. The van der Waals surface area contributed by atoms with Crippen LogP contribution in [-0.4, -0.2) is 19.9 Å². The molecule has 5 rings (SSSR count). The van der Waals surface area contributed by atoms with Gasteiger partial charge in [0, 0.05) is 51.7 Å². The number of nitrogens with zero attached hydrogens (tertiary/aromatic N) is 4. The fourth-order valence-corrected chi connectivity index (χ4v) is 3.75. The van der Waals surface area contributed by atoms with Gasteiger partial charge < -0.3 is 0 Å². The molecule has 4 aromatic heterocycles. The van der Waals surface area contributed by atoms with Crippen LogP contribution in [0.25, 0.3) is 44.2 Å². The summed E-state index contributed by atoms with van der Waals surface area (Å²) in [5, 5.41) is 3.23. The summed E-state index contributed by atoms with van der Waals surface area (Å²) in [6, 6.07) is 11.8. The lowest BCUT2D eigenvalue weighted by molar-refractivity contribution is 0.631. The maximum absolute atomic E-state index is 14.5. The Labute approximate surface area is 175 Å². The van der Waals surface area contributed by atoms with Crippen molar-refractivity contribution in [3.8, 4) is 22.4 Å². The number of rotatable bonds is 2. The van der Waals surface area contributed by atoms with Crippen molar-refractivity contribution in [2.75, 3.05) is 0 Å². The summed E-state index contributed by atoms with van der Waals surface area (Å²) in [6.45, 7) is 0. The van der Waals surface area contributed by atoms with Crippen molar-refractivity contribution >= 4 is 45.0 Å². The molecule has 0 radical (unpaired) electrons. The van der Waals surface area contributed by atoms with E-state index in [0.717, 1.165) is 27.3 Å². The second-order valence-electron chi connectivity index (χ2n) is 6.44. The highest BCUT2D eigenvalue weighted by Gasteiger charge is 2.16. The molecular weight excluding hydrogens is 410 g/mol. The number of pyridine rings is 4. The van der Waals surface area contributed by atoms with E-state index in [9.17, 15) is 4.39 Å². The number of halogens is 3. The maximum atomic E-state index is 14.5. The number of aromatic nitrogens is 4. The Hall–Kier alpha value is -3.15. The van der Waals surface area contributed by atoms with Crippen LogP contribution < -0.4 is 0 Å². The minimum atomic E-state index is -0.411. The van der Waals surface area contributed by atoms with Crippen molar-refractivity contribution < 1.29 is 4.39 Å². The number of benzene rings is 1. The van der Waals surface area contributed by atoms with E-state index in [1.54, 1.807) is 30.9 Å². The van der Waals surface area contributed by atoms with Crippen molar-refractivity contribution in [3.63, 3.8) is 0 Å². The van der Waals surface area contributed by atoms with Gasteiger partial charge in [-0.15, -0.1) is 0 Å². The largest absolute Gasteiger partial charge is 0.264 e. The van der Waals surface area contributed by atoms with E-state index in [0.29, 0.717) is 27.1 Å². The minimum absolute atomic E-state index is 0.305. The number of hydrogen-bond acceptors (Lipinski definition) is 4. The van der Waals surface area contributed by atoms with Gasteiger partial charge in [-0.05, 0) is 53.4 Å². The summed E-state index contributed by atoms with van der Waals surface area (Å²) in [4.78, 5) is 17.4. The molecule has 0 unspecified atom stereocenters. The van der Waals surface area contributed by atoms with Crippen LogP contribution in [0.15, 0.2) is 67.3 Å². The van der Waals surface area contributed by atoms with E-state index < -0.39 is 5.82 Å². The molecule has 0 aliphatic rings. The summed E-state index contributed by atoms with van der Waals surface area (Å²) in [5.74, 6) is -0.411. The molecule has 0 bridgehead atoms. The molecule has 7 heteroatoms. The zero-order valence-corrected chi connectivity index (χ0v) is 16.3. The molecule has 0 N–H and O–H groups in total. The van der Waals surface area contributed by atoms with Gasteiger partial charge >= 0.3 is 0 Å². The maximum Gasteiger partial charge on any atom is 0.160 e. The monoisotopic (exact) mass is 420 g/mol. The minimum Gasteiger partial charge on any atom is -0.264 e. The number of hydrogen-bond donors (Lipinski definition) is 0. The molecule has 4 nitrogen and oxygen atoms in total. The first-order valence-electron chi connectivity index (χ1n) is 8.71. The van der Waals surface area contributed by atoms with Gasteiger partial charge in [-0.25, -0.2) is 19.3 Å². The van der Waals surface area contributed by atoms with Crippen molar-refractivity contribution in [3.05, 3.63) is 83.2 Å². The Kier molecular flexibility index (Phi) is 4.34. The van der Waals surface area contributed by atoms with Crippen molar-refractivity contribution in [2.24, 2.45) is 0 Å². The van der Waals surface area contributed by atoms with Crippen LogP contribution in [0, 0.1) is 5.82 Å². The second-order valence-corrected chi connectivity index (χ2v) is 7.23. The third-order valence-electron chi connectivity index (χ3n) is 4.72. The molecule has 4 heterocycles. The van der Waals surface area contributed by atoms with Gasteiger partial charge in [0.05, 0.1) is 5.69 Å². The summed E-state index contributed by atoms with van der Waals surface area (Å²) in [6.07, 6.45) is 6.72. The highest BCUT2D eigenvalue weighted by atomic mass is 35.5. The third kappa shape index (κ3) is 3.09. The predicted octanol–water partition coefficient (Wildman–Crippen LogP) is 6.35. The van der Waals surface area contributed by atoms with E-state index >= 15 is 0 Å². The van der Waals surface area contributed by atoms with Crippen LogP contribution in [0.2, 0.25) is 10.2 Å². The molecule has 0 aliphatic carbocycles. The first kappa shape index (κ1) is 17.9. The first-order valence-corrected chi connectivity index (χ1v) is 9.47. The molecule has 140 valence electrons. The summed E-state index contributed by atoms with van der Waals surface area (Å²) in [7, 11) is 0. The van der Waals surface area contributed by atoms with E-state index in [1.165, 1.54) is 12.1 Å². The summed E-state index contributed by atoms with van der Waals surface area (Å²) < 4.78 is 14.5. The van der Waals surface area contributed by atoms with Crippen LogP contribution in [0.1, 0.15) is 0 Å². The average molecular weight is 421 g/mol. The number of fused-ring (bicyclic) bond motifs is 2. The van der Waals surface area contributed by atoms with Gasteiger partial charge in [-0.3, -0.25) is 4.98 Å². The normalized spacial score (nSPS) is 11.3. The second kappa shape index (κ2) is 7.03. The predicted molar refractivity (Wildman–Crippen MR) is 113 cm³/mol. The fraction of sp³-hybridized carbons (Fsp3) is 0. The quantitative estimate of drug-likeness (QED) is 0.312. The Morgan fingerprint density at radius 1 is 0.759 bits per heavy atom. The van der Waals surface area contributed by atoms with Gasteiger partial charge in [-0.1, -0.05) is 23.2 Å². The highest BCUT2D eigenvalue weighted by Crippen LogP contribution is 2.37. The van der Waals surface area contributed by atoms with Gasteiger partial charge in [0.15, 0.2) is 5.65 Å². The Balaban J connectivity index is 1.88. The molecule has 0 saturated heterocycles. The topological polar surface area (TPSA) is 51.6 Å². The van der Waals surface area contributed by atoms with E-state index in [1.807, 2.05) is 24.3 Å². The van der Waals surface area contributed by atoms with Crippen molar-refractivity contribution in [1.29, 1.82) is 0 Å². The van der Waals surface area contributed by atoms with Gasteiger partial charge in [-0.2, -0.15) is 0 Å². The van der Waals surface area contributed by atoms with Crippen LogP contribution in [-0.2, 0) is 0 Å². The van der Waals surface area contributed by atoms with Gasteiger partial charge in [0.1, 0.15) is 11.0 Å². The summed E-state index contributed by atoms with van der Waals surface area (Å²) in [5.41, 5.74) is 2.88. The molecule has 0 spiro atoms. The SMILES string of the molecule is Fc1ccc(Cl)cc1-c1cc(-c2cnc(Cl)c3cnccc23)c2cccnc2n1.